The Morgan fingerprint density at radius 3 is 2.50 bits per heavy atom. The SMILES string of the molecule is Cl.O=C(Nc1ccccc1)NC1CCN(C(=O)C2CSCN2)CC1. The third-order valence-corrected chi connectivity index (χ3v) is 5.13. The van der Waals surface area contributed by atoms with Crippen LogP contribution >= 0.6 is 24.2 Å². The van der Waals surface area contributed by atoms with E-state index in [-0.39, 0.29) is 36.4 Å². The highest BCUT2D eigenvalue weighted by Gasteiger charge is 2.30. The van der Waals surface area contributed by atoms with Crippen molar-refractivity contribution in [2.24, 2.45) is 0 Å². The van der Waals surface area contributed by atoms with Gasteiger partial charge < -0.3 is 15.5 Å². The van der Waals surface area contributed by atoms with Crippen LogP contribution in [0.1, 0.15) is 12.8 Å². The second-order valence-electron chi connectivity index (χ2n) is 5.84. The fourth-order valence-corrected chi connectivity index (χ4v) is 3.83. The molecule has 24 heavy (non-hydrogen) atoms. The van der Waals surface area contributed by atoms with Crippen LogP contribution in [0.2, 0.25) is 0 Å². The number of thioether (sulfide) groups is 1. The van der Waals surface area contributed by atoms with Gasteiger partial charge in [-0.3, -0.25) is 10.1 Å². The van der Waals surface area contributed by atoms with E-state index in [4.69, 9.17) is 0 Å². The van der Waals surface area contributed by atoms with Crippen LogP contribution in [0.3, 0.4) is 0 Å². The fourth-order valence-electron chi connectivity index (χ4n) is 2.89. The lowest BCUT2D eigenvalue weighted by Gasteiger charge is -2.33. The van der Waals surface area contributed by atoms with E-state index in [1.165, 1.54) is 0 Å². The Labute approximate surface area is 152 Å². The van der Waals surface area contributed by atoms with Crippen LogP contribution in [0.4, 0.5) is 10.5 Å². The highest BCUT2D eigenvalue weighted by Crippen LogP contribution is 2.16. The van der Waals surface area contributed by atoms with Gasteiger partial charge in [0.25, 0.3) is 0 Å². The Bertz CT molecular complexity index is 546. The van der Waals surface area contributed by atoms with Crippen molar-refractivity contribution in [2.45, 2.75) is 24.9 Å². The summed E-state index contributed by atoms with van der Waals surface area (Å²) in [4.78, 5) is 26.2. The van der Waals surface area contributed by atoms with Crippen molar-refractivity contribution in [3.63, 3.8) is 0 Å². The number of para-hydroxylation sites is 1. The van der Waals surface area contributed by atoms with Gasteiger partial charge >= 0.3 is 6.03 Å². The van der Waals surface area contributed by atoms with E-state index in [9.17, 15) is 9.59 Å². The molecule has 0 aromatic heterocycles. The van der Waals surface area contributed by atoms with E-state index in [2.05, 4.69) is 16.0 Å². The Morgan fingerprint density at radius 2 is 1.88 bits per heavy atom. The number of urea groups is 1. The van der Waals surface area contributed by atoms with Gasteiger partial charge in [0.15, 0.2) is 0 Å². The first-order valence-corrected chi connectivity index (χ1v) is 9.10. The maximum absolute atomic E-state index is 12.3. The van der Waals surface area contributed by atoms with Gasteiger partial charge in [0.2, 0.25) is 5.91 Å². The predicted octanol–water partition coefficient (Wildman–Crippen LogP) is 1.88. The summed E-state index contributed by atoms with van der Waals surface area (Å²) in [6.07, 6.45) is 1.60. The highest BCUT2D eigenvalue weighted by atomic mass is 35.5. The molecule has 2 saturated heterocycles. The molecule has 2 aliphatic rings. The van der Waals surface area contributed by atoms with Crippen molar-refractivity contribution in [3.05, 3.63) is 30.3 Å². The largest absolute Gasteiger partial charge is 0.341 e. The van der Waals surface area contributed by atoms with Crippen molar-refractivity contribution in [2.75, 3.05) is 30.0 Å². The van der Waals surface area contributed by atoms with Crippen LogP contribution in [0.5, 0.6) is 0 Å². The number of nitrogens with one attached hydrogen (secondary N) is 3. The molecular formula is C16H23ClN4O2S. The molecule has 3 rings (SSSR count). The summed E-state index contributed by atoms with van der Waals surface area (Å²) in [5, 5.41) is 9.03. The molecule has 0 saturated carbocycles. The lowest BCUT2D eigenvalue weighted by Crippen LogP contribution is -2.51. The lowest BCUT2D eigenvalue weighted by molar-refractivity contribution is -0.133. The summed E-state index contributed by atoms with van der Waals surface area (Å²) < 4.78 is 0. The van der Waals surface area contributed by atoms with Gasteiger partial charge in [-0.15, -0.1) is 24.2 Å². The van der Waals surface area contributed by atoms with Crippen molar-refractivity contribution >= 4 is 41.8 Å². The average molecular weight is 371 g/mol. The van der Waals surface area contributed by atoms with Crippen LogP contribution in [-0.2, 0) is 4.79 Å². The zero-order valence-electron chi connectivity index (χ0n) is 13.4. The maximum Gasteiger partial charge on any atom is 0.319 e. The fraction of sp³-hybridized carbons (Fsp3) is 0.500. The Balaban J connectivity index is 0.00000208. The van der Waals surface area contributed by atoms with Gasteiger partial charge in [-0.2, -0.15) is 0 Å². The minimum atomic E-state index is -0.185. The average Bonchev–Trinajstić information content (AvgIpc) is 3.10. The van der Waals surface area contributed by atoms with Gasteiger partial charge in [-0.1, -0.05) is 18.2 Å². The Morgan fingerprint density at radius 1 is 1.17 bits per heavy atom. The zero-order chi connectivity index (χ0) is 16.1. The number of carbonyl (C=O) groups is 2. The summed E-state index contributed by atoms with van der Waals surface area (Å²) in [5.41, 5.74) is 0.780. The van der Waals surface area contributed by atoms with Gasteiger partial charge in [-0.05, 0) is 25.0 Å². The zero-order valence-corrected chi connectivity index (χ0v) is 15.0. The van der Waals surface area contributed by atoms with Crippen molar-refractivity contribution < 1.29 is 9.59 Å². The number of nitrogens with zero attached hydrogens (tertiary/aromatic N) is 1. The number of hydrogen-bond acceptors (Lipinski definition) is 4. The summed E-state index contributed by atoms with van der Waals surface area (Å²) in [7, 11) is 0. The molecule has 0 radical (unpaired) electrons. The van der Waals surface area contributed by atoms with Gasteiger partial charge in [0, 0.05) is 36.4 Å². The van der Waals surface area contributed by atoms with Crippen LogP contribution in [0.25, 0.3) is 0 Å². The molecule has 2 heterocycles. The van der Waals surface area contributed by atoms with Crippen molar-refractivity contribution in [1.82, 2.24) is 15.5 Å². The van der Waals surface area contributed by atoms with Gasteiger partial charge in [0.1, 0.15) is 0 Å². The third kappa shape index (κ3) is 5.03. The number of likely N-dealkylation sites (tertiary alicyclic amines) is 1. The standard InChI is InChI=1S/C16H22N4O2S.ClH/c21-15(14-10-23-11-17-14)20-8-6-13(7-9-20)19-16(22)18-12-4-2-1-3-5-12;/h1-5,13-14,17H,6-11H2,(H2,18,19,22);1H. The molecular weight excluding hydrogens is 348 g/mol. The number of benzene rings is 1. The third-order valence-electron chi connectivity index (χ3n) is 4.19. The molecule has 0 spiro atoms. The molecule has 1 atom stereocenters. The molecule has 1 unspecified atom stereocenters. The molecule has 6 nitrogen and oxygen atoms in total. The molecule has 3 N–H and O–H groups in total. The van der Waals surface area contributed by atoms with E-state index in [0.29, 0.717) is 13.1 Å². The summed E-state index contributed by atoms with van der Waals surface area (Å²) >= 11 is 1.76. The second-order valence-corrected chi connectivity index (χ2v) is 6.87. The number of amides is 3. The normalized spacial score (nSPS) is 21.0. The number of hydrogen-bond donors (Lipinski definition) is 3. The van der Waals surface area contributed by atoms with Crippen molar-refractivity contribution in [3.8, 4) is 0 Å². The molecule has 3 amide bonds. The van der Waals surface area contributed by atoms with E-state index < -0.39 is 0 Å². The molecule has 1 aromatic carbocycles. The first-order chi connectivity index (χ1) is 11.2. The summed E-state index contributed by atoms with van der Waals surface area (Å²) in [5.74, 6) is 1.91. The van der Waals surface area contributed by atoms with E-state index in [1.54, 1.807) is 11.8 Å². The summed E-state index contributed by atoms with van der Waals surface area (Å²) in [6.45, 7) is 1.41. The molecule has 2 fully saturated rings. The minimum absolute atomic E-state index is 0. The number of carbonyl (C=O) groups excluding carboxylic acids is 2. The van der Waals surface area contributed by atoms with Crippen molar-refractivity contribution in [1.29, 1.82) is 0 Å². The monoisotopic (exact) mass is 370 g/mol. The van der Waals surface area contributed by atoms with E-state index in [1.807, 2.05) is 35.2 Å². The molecule has 1 aromatic rings. The van der Waals surface area contributed by atoms with Crippen LogP contribution in [-0.4, -0.2) is 53.6 Å². The lowest BCUT2D eigenvalue weighted by atomic mass is 10.0. The van der Waals surface area contributed by atoms with Gasteiger partial charge in [-0.25, -0.2) is 4.79 Å². The highest BCUT2D eigenvalue weighted by molar-refractivity contribution is 7.99. The Kier molecular flexibility index (Phi) is 7.20. The quantitative estimate of drug-likeness (QED) is 0.759. The first-order valence-electron chi connectivity index (χ1n) is 7.95. The molecule has 0 bridgehead atoms. The molecule has 2 aliphatic heterocycles. The topological polar surface area (TPSA) is 73.5 Å². The number of piperidine rings is 1. The number of halogens is 1. The van der Waals surface area contributed by atoms with Crippen LogP contribution in [0.15, 0.2) is 30.3 Å². The second kappa shape index (κ2) is 9.15. The van der Waals surface area contributed by atoms with Crippen LogP contribution in [0, 0.1) is 0 Å². The Hall–Kier alpha value is -1.44. The molecule has 132 valence electrons. The maximum atomic E-state index is 12.3. The first kappa shape index (κ1) is 18.9. The summed E-state index contributed by atoms with van der Waals surface area (Å²) in [6, 6.07) is 9.29. The predicted molar refractivity (Wildman–Crippen MR) is 99.7 cm³/mol. The minimum Gasteiger partial charge on any atom is -0.341 e. The van der Waals surface area contributed by atoms with E-state index in [0.717, 1.165) is 30.2 Å². The van der Waals surface area contributed by atoms with Gasteiger partial charge in [0.05, 0.1) is 6.04 Å². The van der Waals surface area contributed by atoms with E-state index >= 15 is 0 Å². The van der Waals surface area contributed by atoms with Crippen LogP contribution < -0.4 is 16.0 Å². The number of anilines is 1. The molecule has 0 aliphatic carbocycles. The molecule has 8 heteroatoms. The number of rotatable bonds is 3. The smallest absolute Gasteiger partial charge is 0.319 e.